The van der Waals surface area contributed by atoms with Crippen molar-refractivity contribution in [3.63, 3.8) is 0 Å². The van der Waals surface area contributed by atoms with Crippen LogP contribution in [-0.2, 0) is 28.6 Å². The van der Waals surface area contributed by atoms with E-state index in [1.54, 1.807) is 0 Å². The summed E-state index contributed by atoms with van der Waals surface area (Å²) in [5.74, 6) is -0.877. The van der Waals surface area contributed by atoms with E-state index in [2.05, 4.69) is 118 Å². The van der Waals surface area contributed by atoms with Gasteiger partial charge in [-0.1, -0.05) is 304 Å². The Bertz CT molecular complexity index is 1540. The van der Waals surface area contributed by atoms with Crippen molar-refractivity contribution in [2.24, 2.45) is 0 Å². The summed E-state index contributed by atoms with van der Waals surface area (Å²) in [5.41, 5.74) is 0. The van der Waals surface area contributed by atoms with Crippen LogP contribution in [0, 0.1) is 0 Å². The maximum Gasteiger partial charge on any atom is 0.306 e. The lowest BCUT2D eigenvalue weighted by Gasteiger charge is -2.18. The summed E-state index contributed by atoms with van der Waals surface area (Å²) in [7, 11) is 0. The molecule has 0 bridgehead atoms. The molecule has 6 heteroatoms. The van der Waals surface area contributed by atoms with Crippen LogP contribution in [0.1, 0.15) is 329 Å². The van der Waals surface area contributed by atoms with Gasteiger partial charge in [0.2, 0.25) is 0 Å². The first kappa shape index (κ1) is 75.3. The van der Waals surface area contributed by atoms with Crippen molar-refractivity contribution >= 4 is 17.9 Å². The molecule has 0 rings (SSSR count). The highest BCUT2D eigenvalue weighted by Gasteiger charge is 2.19. The van der Waals surface area contributed by atoms with Crippen molar-refractivity contribution in [3.8, 4) is 0 Å². The average Bonchev–Trinajstić information content (AvgIpc) is 3.45. The molecule has 0 spiro atoms. The van der Waals surface area contributed by atoms with Gasteiger partial charge in [-0.25, -0.2) is 0 Å². The van der Waals surface area contributed by atoms with Crippen LogP contribution < -0.4 is 0 Å². The first-order valence-electron chi connectivity index (χ1n) is 33.7. The van der Waals surface area contributed by atoms with Gasteiger partial charge in [-0.2, -0.15) is 0 Å². The van der Waals surface area contributed by atoms with Gasteiger partial charge in [0.1, 0.15) is 13.2 Å². The predicted molar refractivity (Wildman–Crippen MR) is 344 cm³/mol. The van der Waals surface area contributed by atoms with E-state index in [4.69, 9.17) is 14.2 Å². The molecule has 0 aliphatic carbocycles. The zero-order chi connectivity index (χ0) is 57.1. The third-order valence-electron chi connectivity index (χ3n) is 14.6. The normalized spacial score (nSPS) is 12.7. The first-order chi connectivity index (χ1) is 39.0. The molecule has 6 nitrogen and oxygen atoms in total. The quantitative estimate of drug-likeness (QED) is 0.0261. The molecule has 0 aliphatic heterocycles. The molecule has 0 N–H and O–H groups in total. The van der Waals surface area contributed by atoms with E-state index in [9.17, 15) is 14.4 Å². The summed E-state index contributed by atoms with van der Waals surface area (Å²) in [6.07, 6.45) is 89.9. The van der Waals surface area contributed by atoms with Gasteiger partial charge >= 0.3 is 17.9 Å². The number of rotatable bonds is 61. The minimum atomic E-state index is -0.783. The SMILES string of the molecule is CC/C=C\C/C=C\C/C=C\C/C=C\C/C=C\CCCCCCCCCCCCCC(=O)OCC(COC(=O)CCCCCCCCCCCCC)OC(=O)CCCCCCCCCC/C=C\C/C=C\C/C=C\CCCCCCC. The monoisotopic (exact) mass is 1100 g/mol. The maximum atomic E-state index is 12.9. The van der Waals surface area contributed by atoms with Crippen LogP contribution >= 0.6 is 0 Å². The highest BCUT2D eigenvalue weighted by Crippen LogP contribution is 2.17. The Morgan fingerprint density at radius 3 is 0.772 bits per heavy atom. The van der Waals surface area contributed by atoms with E-state index < -0.39 is 6.10 Å². The minimum Gasteiger partial charge on any atom is -0.462 e. The van der Waals surface area contributed by atoms with Gasteiger partial charge in [-0.05, 0) is 103 Å². The fraction of sp³-hybridized carbons (Fsp3) is 0.740. The fourth-order valence-electron chi connectivity index (χ4n) is 9.54. The Labute approximate surface area is 489 Å². The molecule has 0 aromatic rings. The molecule has 1 unspecified atom stereocenters. The smallest absolute Gasteiger partial charge is 0.306 e. The number of hydrogen-bond donors (Lipinski definition) is 0. The van der Waals surface area contributed by atoms with Crippen LogP contribution in [0.2, 0.25) is 0 Å². The second kappa shape index (κ2) is 66.8. The van der Waals surface area contributed by atoms with Gasteiger partial charge in [0.25, 0.3) is 0 Å². The van der Waals surface area contributed by atoms with Crippen LogP contribution in [0.3, 0.4) is 0 Å². The number of carbonyl (C=O) groups excluding carboxylic acids is 3. The van der Waals surface area contributed by atoms with Crippen LogP contribution in [0.4, 0.5) is 0 Å². The zero-order valence-corrected chi connectivity index (χ0v) is 52.1. The van der Waals surface area contributed by atoms with Gasteiger partial charge in [0, 0.05) is 19.3 Å². The number of allylic oxidation sites excluding steroid dienone is 16. The molecule has 0 aliphatic rings. The number of carbonyl (C=O) groups is 3. The molecule has 0 fully saturated rings. The van der Waals surface area contributed by atoms with Crippen LogP contribution in [0.5, 0.6) is 0 Å². The van der Waals surface area contributed by atoms with Gasteiger partial charge in [0.15, 0.2) is 6.10 Å². The zero-order valence-electron chi connectivity index (χ0n) is 52.1. The van der Waals surface area contributed by atoms with Crippen LogP contribution in [0.25, 0.3) is 0 Å². The lowest BCUT2D eigenvalue weighted by Crippen LogP contribution is -2.30. The number of esters is 3. The summed E-state index contributed by atoms with van der Waals surface area (Å²) in [4.78, 5) is 38.3. The van der Waals surface area contributed by atoms with E-state index >= 15 is 0 Å². The molecule has 0 saturated heterocycles. The Morgan fingerprint density at radius 1 is 0.266 bits per heavy atom. The molecule has 0 amide bonds. The van der Waals surface area contributed by atoms with E-state index in [-0.39, 0.29) is 31.1 Å². The fourth-order valence-corrected chi connectivity index (χ4v) is 9.54. The molecule has 0 heterocycles. The Balaban J connectivity index is 4.27. The van der Waals surface area contributed by atoms with Crippen molar-refractivity contribution in [1.82, 2.24) is 0 Å². The molecule has 1 atom stereocenters. The topological polar surface area (TPSA) is 78.9 Å². The van der Waals surface area contributed by atoms with Crippen LogP contribution in [0.15, 0.2) is 97.2 Å². The maximum absolute atomic E-state index is 12.9. The largest absolute Gasteiger partial charge is 0.462 e. The van der Waals surface area contributed by atoms with Crippen molar-refractivity contribution < 1.29 is 28.6 Å². The molecule has 0 aromatic heterocycles. The summed E-state index contributed by atoms with van der Waals surface area (Å²) < 4.78 is 16.9. The van der Waals surface area contributed by atoms with E-state index in [0.717, 1.165) is 109 Å². The highest BCUT2D eigenvalue weighted by atomic mass is 16.6. The molecular formula is C73H126O6. The standard InChI is InChI=1S/C73H126O6/c1-4-7-10-13-16-19-22-24-26-28-30-32-34-35-36-37-39-40-42-44-46-48-51-54-57-60-63-66-72(75)78-69-70(68-77-71(74)65-62-59-56-53-50-21-18-15-12-9-6-3)79-73(76)67-64-61-58-55-52-49-47-45-43-41-38-33-31-29-27-25-23-20-17-14-11-8-5-2/h7,10,16,19,23-26,29-32,35-36,38,41,70H,4-6,8-9,11-15,17-18,20-22,27-28,33-34,37,39-40,42-69H2,1-3H3/b10-7-,19-16-,25-23-,26-24-,31-29-,32-30-,36-35-,41-38-. The summed E-state index contributed by atoms with van der Waals surface area (Å²) in [5, 5.41) is 0. The van der Waals surface area contributed by atoms with Crippen molar-refractivity contribution in [1.29, 1.82) is 0 Å². The Morgan fingerprint density at radius 2 is 0.494 bits per heavy atom. The van der Waals surface area contributed by atoms with Crippen LogP contribution in [-0.4, -0.2) is 37.2 Å². The highest BCUT2D eigenvalue weighted by molar-refractivity contribution is 5.71. The second-order valence-corrected chi connectivity index (χ2v) is 22.4. The number of hydrogen-bond acceptors (Lipinski definition) is 6. The van der Waals surface area contributed by atoms with Crippen molar-refractivity contribution in [3.05, 3.63) is 97.2 Å². The van der Waals surface area contributed by atoms with E-state index in [1.807, 2.05) is 0 Å². The van der Waals surface area contributed by atoms with Crippen molar-refractivity contribution in [2.75, 3.05) is 13.2 Å². The molecular weight excluding hydrogens is 973 g/mol. The lowest BCUT2D eigenvalue weighted by molar-refractivity contribution is -0.167. The minimum absolute atomic E-state index is 0.0783. The number of ether oxygens (including phenoxy) is 3. The van der Waals surface area contributed by atoms with Gasteiger partial charge in [-0.15, -0.1) is 0 Å². The first-order valence-corrected chi connectivity index (χ1v) is 33.7. The number of unbranched alkanes of at least 4 members (excludes halogenated alkanes) is 34. The third-order valence-corrected chi connectivity index (χ3v) is 14.6. The summed E-state index contributed by atoms with van der Waals surface area (Å²) in [6, 6.07) is 0. The molecule has 0 aromatic carbocycles. The van der Waals surface area contributed by atoms with Gasteiger partial charge in [-0.3, -0.25) is 14.4 Å². The molecule has 454 valence electrons. The molecule has 79 heavy (non-hydrogen) atoms. The molecule has 0 radical (unpaired) electrons. The van der Waals surface area contributed by atoms with E-state index in [1.165, 1.54) is 180 Å². The Kier molecular flexibility index (Phi) is 63.7. The van der Waals surface area contributed by atoms with Gasteiger partial charge in [0.05, 0.1) is 0 Å². The predicted octanol–water partition coefficient (Wildman–Crippen LogP) is 23.2. The van der Waals surface area contributed by atoms with Gasteiger partial charge < -0.3 is 14.2 Å². The Hall–Kier alpha value is -3.67. The summed E-state index contributed by atoms with van der Waals surface area (Å²) in [6.45, 7) is 6.53. The molecule has 0 saturated carbocycles. The second-order valence-electron chi connectivity index (χ2n) is 22.4. The third kappa shape index (κ3) is 65.0. The van der Waals surface area contributed by atoms with E-state index in [0.29, 0.717) is 19.3 Å². The summed E-state index contributed by atoms with van der Waals surface area (Å²) >= 11 is 0. The average molecular weight is 1100 g/mol. The van der Waals surface area contributed by atoms with Crippen molar-refractivity contribution in [2.45, 2.75) is 335 Å². The lowest BCUT2D eigenvalue weighted by atomic mass is 10.0.